The van der Waals surface area contributed by atoms with Crippen LogP contribution in [0.5, 0.6) is 11.5 Å². The molecule has 6 heteroatoms. The summed E-state index contributed by atoms with van der Waals surface area (Å²) in [6.45, 7) is 0.353. The third kappa shape index (κ3) is 4.20. The highest BCUT2D eigenvalue weighted by molar-refractivity contribution is 6.50. The Labute approximate surface area is 185 Å². The first-order chi connectivity index (χ1) is 15.8. The minimum Gasteiger partial charge on any atom is -0.456 e. The van der Waals surface area contributed by atoms with Gasteiger partial charge in [0.05, 0.1) is 6.20 Å². The molecule has 6 nitrogen and oxygen atoms in total. The van der Waals surface area contributed by atoms with Crippen LogP contribution in [0, 0.1) is 0 Å². The van der Waals surface area contributed by atoms with Crippen LogP contribution in [0.15, 0.2) is 102 Å². The van der Waals surface area contributed by atoms with Gasteiger partial charge in [0, 0.05) is 28.7 Å². The number of aromatic nitrogens is 1. The molecule has 0 bridgehead atoms. The van der Waals surface area contributed by atoms with Crippen molar-refractivity contribution in [2.24, 2.45) is 4.99 Å². The third-order valence-electron chi connectivity index (χ3n) is 5.05. The number of hydrogen-bond donors (Lipinski definition) is 2. The van der Waals surface area contributed by atoms with Crippen LogP contribution in [0.2, 0.25) is 0 Å². The van der Waals surface area contributed by atoms with Crippen molar-refractivity contribution in [3.8, 4) is 22.6 Å². The smallest absolute Gasteiger partial charge is 0.274 e. The van der Waals surface area contributed by atoms with E-state index >= 15 is 0 Å². The Hall–Kier alpha value is -4.45. The van der Waals surface area contributed by atoms with Crippen molar-refractivity contribution in [2.75, 3.05) is 17.3 Å². The molecule has 2 heterocycles. The summed E-state index contributed by atoms with van der Waals surface area (Å²) in [5.74, 6) is 1.14. The summed E-state index contributed by atoms with van der Waals surface area (Å²) in [4.78, 5) is 21.7. The molecule has 0 unspecified atom stereocenters. The number of benzene rings is 3. The van der Waals surface area contributed by atoms with Crippen LogP contribution in [0.25, 0.3) is 11.1 Å². The summed E-state index contributed by atoms with van der Waals surface area (Å²) >= 11 is 0. The highest BCUT2D eigenvalue weighted by atomic mass is 16.5. The first-order valence-electron chi connectivity index (χ1n) is 10.2. The summed E-state index contributed by atoms with van der Waals surface area (Å²) in [6.07, 6.45) is 3.45. The average molecular weight is 420 g/mol. The van der Waals surface area contributed by atoms with E-state index in [1.165, 1.54) is 0 Å². The van der Waals surface area contributed by atoms with Crippen LogP contribution in [0.3, 0.4) is 0 Å². The lowest BCUT2D eigenvalue weighted by Gasteiger charge is -2.19. The molecule has 0 spiro atoms. The zero-order valence-electron chi connectivity index (χ0n) is 17.2. The maximum absolute atomic E-state index is 12.9. The molecule has 0 atom stereocenters. The van der Waals surface area contributed by atoms with Gasteiger partial charge in [-0.3, -0.25) is 14.8 Å². The van der Waals surface area contributed by atoms with E-state index in [0.717, 1.165) is 33.8 Å². The second-order valence-electron chi connectivity index (χ2n) is 7.25. The molecule has 1 aliphatic heterocycles. The van der Waals surface area contributed by atoms with Crippen LogP contribution >= 0.6 is 0 Å². The Bertz CT molecular complexity index is 1290. The monoisotopic (exact) mass is 420 g/mol. The Kier molecular flexibility index (Phi) is 5.32. The van der Waals surface area contributed by atoms with Crippen molar-refractivity contribution in [3.05, 3.63) is 103 Å². The van der Waals surface area contributed by atoms with Crippen molar-refractivity contribution < 1.29 is 9.53 Å². The second-order valence-corrected chi connectivity index (χ2v) is 7.25. The van der Waals surface area contributed by atoms with E-state index in [-0.39, 0.29) is 5.91 Å². The largest absolute Gasteiger partial charge is 0.456 e. The number of anilines is 2. The number of carbonyl (C=O) groups is 1. The lowest BCUT2D eigenvalue weighted by atomic mass is 9.98. The van der Waals surface area contributed by atoms with Crippen LogP contribution in [0.4, 0.5) is 11.4 Å². The van der Waals surface area contributed by atoms with E-state index in [1.807, 2.05) is 84.9 Å². The van der Waals surface area contributed by atoms with Crippen LogP contribution in [-0.4, -0.2) is 23.3 Å². The van der Waals surface area contributed by atoms with Crippen LogP contribution in [-0.2, 0) is 4.79 Å². The van der Waals surface area contributed by atoms with Gasteiger partial charge in [0.1, 0.15) is 23.9 Å². The van der Waals surface area contributed by atoms with E-state index in [0.29, 0.717) is 18.1 Å². The van der Waals surface area contributed by atoms with E-state index in [4.69, 9.17) is 4.74 Å². The minimum atomic E-state index is -0.240. The zero-order valence-corrected chi connectivity index (χ0v) is 17.2. The van der Waals surface area contributed by atoms with Crippen molar-refractivity contribution in [2.45, 2.75) is 0 Å². The van der Waals surface area contributed by atoms with E-state index in [1.54, 1.807) is 12.4 Å². The predicted octanol–water partition coefficient (Wildman–Crippen LogP) is 5.35. The molecule has 1 aromatic heterocycles. The topological polar surface area (TPSA) is 75.6 Å². The van der Waals surface area contributed by atoms with Gasteiger partial charge in [0.25, 0.3) is 5.91 Å². The molecule has 1 aliphatic rings. The number of fused-ring (bicyclic) bond motifs is 1. The molecule has 0 aliphatic carbocycles. The summed E-state index contributed by atoms with van der Waals surface area (Å²) in [5.41, 5.74) is 4.54. The minimum absolute atomic E-state index is 0.240. The molecule has 0 fully saturated rings. The third-order valence-corrected chi connectivity index (χ3v) is 5.05. The van der Waals surface area contributed by atoms with Gasteiger partial charge in [-0.25, -0.2) is 0 Å². The van der Waals surface area contributed by atoms with Gasteiger partial charge in [0.15, 0.2) is 0 Å². The molecule has 0 saturated carbocycles. The number of rotatable bonds is 5. The molecule has 4 aromatic rings. The Morgan fingerprint density at radius 1 is 0.844 bits per heavy atom. The van der Waals surface area contributed by atoms with Gasteiger partial charge in [-0.05, 0) is 48.0 Å². The number of ether oxygens (including phenoxy) is 1. The number of amides is 1. The quantitative estimate of drug-likeness (QED) is 0.456. The highest BCUT2D eigenvalue weighted by Crippen LogP contribution is 2.30. The fourth-order valence-corrected chi connectivity index (χ4v) is 3.53. The Balaban J connectivity index is 1.43. The van der Waals surface area contributed by atoms with Gasteiger partial charge in [0.2, 0.25) is 0 Å². The van der Waals surface area contributed by atoms with Crippen molar-refractivity contribution in [1.82, 2.24) is 4.98 Å². The highest BCUT2D eigenvalue weighted by Gasteiger charge is 2.21. The molecular formula is C26H20N4O2. The number of nitrogens with zero attached hydrogens (tertiary/aromatic N) is 2. The maximum Gasteiger partial charge on any atom is 0.274 e. The maximum atomic E-state index is 12.9. The molecule has 32 heavy (non-hydrogen) atoms. The normalized spacial score (nSPS) is 12.2. The predicted molar refractivity (Wildman–Crippen MR) is 126 cm³/mol. The molecular weight excluding hydrogens is 400 g/mol. The van der Waals surface area contributed by atoms with Gasteiger partial charge in [-0.15, -0.1) is 0 Å². The molecule has 0 radical (unpaired) electrons. The van der Waals surface area contributed by atoms with Gasteiger partial charge in [-0.2, -0.15) is 0 Å². The summed E-state index contributed by atoms with van der Waals surface area (Å²) in [6, 6.07) is 26.8. The Morgan fingerprint density at radius 2 is 1.62 bits per heavy atom. The zero-order chi connectivity index (χ0) is 21.8. The summed E-state index contributed by atoms with van der Waals surface area (Å²) < 4.78 is 5.92. The molecule has 1 amide bonds. The first kappa shape index (κ1) is 19.5. The van der Waals surface area contributed by atoms with Crippen molar-refractivity contribution in [3.63, 3.8) is 0 Å². The van der Waals surface area contributed by atoms with Crippen LogP contribution < -0.4 is 15.4 Å². The number of nitrogens with one attached hydrogen (secondary N) is 2. The lowest BCUT2D eigenvalue weighted by molar-refractivity contribution is -0.110. The molecule has 3 aromatic carbocycles. The Morgan fingerprint density at radius 3 is 2.44 bits per heavy atom. The van der Waals surface area contributed by atoms with Gasteiger partial charge in [-0.1, -0.05) is 42.5 Å². The lowest BCUT2D eigenvalue weighted by Crippen LogP contribution is -2.28. The van der Waals surface area contributed by atoms with E-state index in [9.17, 15) is 4.79 Å². The number of aliphatic imine (C=N–C) groups is 1. The number of hydrogen-bond acceptors (Lipinski definition) is 5. The molecule has 2 N–H and O–H groups in total. The first-order valence-corrected chi connectivity index (χ1v) is 10.2. The van der Waals surface area contributed by atoms with Crippen LogP contribution in [0.1, 0.15) is 5.56 Å². The van der Waals surface area contributed by atoms with E-state index in [2.05, 4.69) is 20.6 Å². The summed E-state index contributed by atoms with van der Waals surface area (Å²) in [7, 11) is 0. The van der Waals surface area contributed by atoms with Gasteiger partial charge >= 0.3 is 0 Å². The van der Waals surface area contributed by atoms with E-state index < -0.39 is 0 Å². The average Bonchev–Trinajstić information content (AvgIpc) is 2.85. The van der Waals surface area contributed by atoms with Crippen molar-refractivity contribution in [1.29, 1.82) is 0 Å². The number of para-hydroxylation sites is 2. The second kappa shape index (κ2) is 8.73. The molecule has 156 valence electrons. The fraction of sp³-hybridized carbons (Fsp3) is 0.0385. The van der Waals surface area contributed by atoms with Gasteiger partial charge < -0.3 is 15.4 Å². The molecule has 0 saturated heterocycles. The standard InChI is InChI=1S/C26H20N4O2/c31-26(30-20-7-3-1-4-8-20)25-23-14-18(11-12-24(23)28-17-29-25)19-13-22(16-27-15-19)32-21-9-5-2-6-10-21/h1-16,28H,17H2,(H,30,31). The molecule has 5 rings (SSSR count). The number of carbonyl (C=O) groups excluding carboxylic acids is 1. The number of pyridine rings is 1. The van der Waals surface area contributed by atoms with Crippen molar-refractivity contribution >= 4 is 23.0 Å². The summed E-state index contributed by atoms with van der Waals surface area (Å²) in [5, 5.41) is 6.14. The fourth-order valence-electron chi connectivity index (χ4n) is 3.53. The SMILES string of the molecule is O=C(Nc1ccccc1)C1=NCNc2ccc(-c3cncc(Oc4ccccc4)c3)cc21.